The van der Waals surface area contributed by atoms with Crippen LogP contribution in [0.2, 0.25) is 0 Å². The number of hydrogen-bond donors (Lipinski definition) is 2. The van der Waals surface area contributed by atoms with Gasteiger partial charge in [0.2, 0.25) is 11.8 Å². The highest BCUT2D eigenvalue weighted by molar-refractivity contribution is 6.04. The van der Waals surface area contributed by atoms with Crippen molar-refractivity contribution in [3.8, 4) is 5.75 Å². The summed E-state index contributed by atoms with van der Waals surface area (Å²) in [6, 6.07) is 18.4. The number of carbonyl (C=O) groups is 3. The van der Waals surface area contributed by atoms with E-state index in [2.05, 4.69) is 10.6 Å². The number of benzene rings is 2. The molecule has 1 fully saturated rings. The molecule has 1 aliphatic carbocycles. The number of carbonyl (C=O) groups excluding carboxylic acids is 3. The van der Waals surface area contributed by atoms with Gasteiger partial charge < -0.3 is 19.8 Å². The van der Waals surface area contributed by atoms with Gasteiger partial charge in [0.05, 0.1) is 19.9 Å². The Labute approximate surface area is 210 Å². The number of amides is 3. The van der Waals surface area contributed by atoms with Gasteiger partial charge in [-0.05, 0) is 54.8 Å². The van der Waals surface area contributed by atoms with E-state index in [0.717, 1.165) is 25.7 Å². The van der Waals surface area contributed by atoms with E-state index in [-0.39, 0.29) is 24.3 Å². The van der Waals surface area contributed by atoms with Gasteiger partial charge in [0, 0.05) is 11.7 Å². The zero-order valence-electron chi connectivity index (χ0n) is 20.3. The maximum atomic E-state index is 13.7. The highest BCUT2D eigenvalue weighted by Gasteiger charge is 2.34. The lowest BCUT2D eigenvalue weighted by molar-refractivity contribution is -0.127. The van der Waals surface area contributed by atoms with Gasteiger partial charge in [-0.2, -0.15) is 0 Å². The predicted octanol–water partition coefficient (Wildman–Crippen LogP) is 4.24. The fourth-order valence-corrected chi connectivity index (χ4v) is 4.50. The third kappa shape index (κ3) is 6.13. The molecule has 2 N–H and O–H groups in total. The lowest BCUT2D eigenvalue weighted by Crippen LogP contribution is -2.49. The summed E-state index contributed by atoms with van der Waals surface area (Å²) >= 11 is 0. The topological polar surface area (TPSA) is 101 Å². The van der Waals surface area contributed by atoms with E-state index in [0.29, 0.717) is 17.0 Å². The van der Waals surface area contributed by atoms with Crippen LogP contribution in [0.3, 0.4) is 0 Å². The molecule has 0 unspecified atom stereocenters. The molecular weight excluding hydrogens is 458 g/mol. The second-order valence-corrected chi connectivity index (χ2v) is 8.78. The van der Waals surface area contributed by atoms with Crippen LogP contribution in [0.25, 0.3) is 0 Å². The average molecular weight is 490 g/mol. The molecule has 1 atom stereocenters. The molecule has 0 radical (unpaired) electrons. The van der Waals surface area contributed by atoms with Crippen LogP contribution in [0.5, 0.6) is 5.75 Å². The van der Waals surface area contributed by atoms with Crippen molar-refractivity contribution in [2.24, 2.45) is 0 Å². The smallest absolute Gasteiger partial charge is 0.287 e. The van der Waals surface area contributed by atoms with Crippen molar-refractivity contribution in [3.05, 3.63) is 84.3 Å². The second kappa shape index (κ2) is 12.1. The minimum absolute atomic E-state index is 0.0731. The zero-order valence-corrected chi connectivity index (χ0v) is 20.3. The minimum atomic E-state index is -0.922. The lowest BCUT2D eigenvalue weighted by atomic mass is 9.94. The molecule has 0 bridgehead atoms. The summed E-state index contributed by atoms with van der Waals surface area (Å²) in [5.74, 6) is -0.470. The molecule has 0 spiro atoms. The average Bonchev–Trinajstić information content (AvgIpc) is 3.46. The molecular formula is C28H31N3O5. The summed E-state index contributed by atoms with van der Waals surface area (Å²) in [4.78, 5) is 41.3. The first-order valence-corrected chi connectivity index (χ1v) is 12.2. The first-order chi connectivity index (χ1) is 17.6. The lowest BCUT2D eigenvalue weighted by Gasteiger charge is -2.33. The Morgan fingerprint density at radius 3 is 2.33 bits per heavy atom. The van der Waals surface area contributed by atoms with E-state index in [4.69, 9.17) is 9.15 Å². The van der Waals surface area contributed by atoms with Crippen LogP contribution in [0.1, 0.15) is 54.3 Å². The maximum Gasteiger partial charge on any atom is 0.287 e. The summed E-state index contributed by atoms with van der Waals surface area (Å²) in [5.41, 5.74) is 1.19. The minimum Gasteiger partial charge on any atom is -0.497 e. The van der Waals surface area contributed by atoms with Crippen LogP contribution in [-0.4, -0.2) is 37.4 Å². The molecule has 8 nitrogen and oxygen atoms in total. The van der Waals surface area contributed by atoms with Crippen LogP contribution < -0.4 is 20.3 Å². The van der Waals surface area contributed by atoms with E-state index in [1.54, 1.807) is 37.4 Å². The fraction of sp³-hybridized carbons (Fsp3) is 0.321. The van der Waals surface area contributed by atoms with Crippen molar-refractivity contribution in [1.29, 1.82) is 0 Å². The van der Waals surface area contributed by atoms with Gasteiger partial charge >= 0.3 is 0 Å². The monoisotopic (exact) mass is 489 g/mol. The predicted molar refractivity (Wildman–Crippen MR) is 136 cm³/mol. The molecule has 0 aliphatic heterocycles. The van der Waals surface area contributed by atoms with Crippen molar-refractivity contribution >= 4 is 23.4 Å². The van der Waals surface area contributed by atoms with Gasteiger partial charge in [-0.15, -0.1) is 0 Å². The molecule has 1 saturated carbocycles. The van der Waals surface area contributed by atoms with Crippen molar-refractivity contribution in [3.63, 3.8) is 0 Å². The van der Waals surface area contributed by atoms with E-state index in [1.165, 1.54) is 23.7 Å². The largest absolute Gasteiger partial charge is 0.497 e. The van der Waals surface area contributed by atoms with Crippen molar-refractivity contribution in [2.75, 3.05) is 18.6 Å². The molecule has 3 aromatic rings. The Bertz CT molecular complexity index is 1140. The quantitative estimate of drug-likeness (QED) is 0.468. The molecule has 188 valence electrons. The summed E-state index contributed by atoms with van der Waals surface area (Å²) < 4.78 is 10.4. The van der Waals surface area contributed by atoms with Gasteiger partial charge in [-0.25, -0.2) is 0 Å². The van der Waals surface area contributed by atoms with E-state index in [9.17, 15) is 14.4 Å². The second-order valence-electron chi connectivity index (χ2n) is 8.78. The van der Waals surface area contributed by atoms with E-state index in [1.807, 2.05) is 30.3 Å². The normalized spacial score (nSPS) is 14.5. The number of ether oxygens (including phenoxy) is 1. The Hall–Kier alpha value is -4.07. The van der Waals surface area contributed by atoms with Crippen LogP contribution in [0, 0.1) is 0 Å². The van der Waals surface area contributed by atoms with Crippen LogP contribution in [0.4, 0.5) is 5.69 Å². The third-order valence-corrected chi connectivity index (χ3v) is 6.34. The number of methoxy groups -OCH3 is 1. The van der Waals surface area contributed by atoms with Crippen molar-refractivity contribution in [2.45, 2.75) is 44.2 Å². The van der Waals surface area contributed by atoms with Crippen LogP contribution in [-0.2, 0) is 9.59 Å². The fourth-order valence-electron chi connectivity index (χ4n) is 4.50. The van der Waals surface area contributed by atoms with Gasteiger partial charge in [0.15, 0.2) is 5.76 Å². The molecule has 1 heterocycles. The van der Waals surface area contributed by atoms with Gasteiger partial charge in [0.1, 0.15) is 11.8 Å². The number of furan rings is 1. The number of nitrogens with zero attached hydrogens (tertiary/aromatic N) is 1. The number of anilines is 1. The summed E-state index contributed by atoms with van der Waals surface area (Å²) in [6.07, 6.45) is 6.54. The van der Waals surface area contributed by atoms with Crippen molar-refractivity contribution < 1.29 is 23.5 Å². The third-order valence-electron chi connectivity index (χ3n) is 6.34. The first kappa shape index (κ1) is 25.0. The van der Waals surface area contributed by atoms with Gasteiger partial charge in [-0.3, -0.25) is 19.3 Å². The van der Waals surface area contributed by atoms with Crippen molar-refractivity contribution in [1.82, 2.24) is 10.6 Å². The standard InChI is InChI=1S/C28H31N3O5/c1-35-23-16-14-22(15-17-23)31(25(32)19-29-27(33)24-13-8-18-36-24)26(20-9-4-2-5-10-20)28(34)30-21-11-6-3-7-12-21/h2,4-5,8-10,13-18,21,26H,3,6-7,11-12,19H2,1H3,(H,29,33)(H,30,34)/t26-/m0/s1. The SMILES string of the molecule is COc1ccc(N(C(=O)CNC(=O)c2ccco2)[C@H](C(=O)NC2CCCCC2)c2ccccc2)cc1. The van der Waals surface area contributed by atoms with E-state index >= 15 is 0 Å². The molecule has 2 aromatic carbocycles. The molecule has 4 rings (SSSR count). The molecule has 36 heavy (non-hydrogen) atoms. The summed E-state index contributed by atoms with van der Waals surface area (Å²) in [6.45, 7) is -0.314. The highest BCUT2D eigenvalue weighted by Crippen LogP contribution is 2.30. The Morgan fingerprint density at radius 1 is 0.972 bits per heavy atom. The first-order valence-electron chi connectivity index (χ1n) is 12.2. The van der Waals surface area contributed by atoms with E-state index < -0.39 is 17.9 Å². The number of nitrogens with one attached hydrogen (secondary N) is 2. The van der Waals surface area contributed by atoms with Crippen LogP contribution in [0.15, 0.2) is 77.4 Å². The molecule has 0 saturated heterocycles. The zero-order chi connectivity index (χ0) is 25.3. The molecule has 1 aliphatic rings. The van der Waals surface area contributed by atoms with Gasteiger partial charge in [0.25, 0.3) is 5.91 Å². The molecule has 3 amide bonds. The Balaban J connectivity index is 1.66. The molecule has 1 aromatic heterocycles. The summed E-state index contributed by atoms with van der Waals surface area (Å²) in [7, 11) is 1.56. The van der Waals surface area contributed by atoms with Crippen LogP contribution >= 0.6 is 0 Å². The maximum absolute atomic E-state index is 13.7. The molecule has 8 heteroatoms. The summed E-state index contributed by atoms with van der Waals surface area (Å²) in [5, 5.41) is 5.78. The number of rotatable bonds is 9. The highest BCUT2D eigenvalue weighted by atomic mass is 16.5. The Kier molecular flexibility index (Phi) is 8.39. The van der Waals surface area contributed by atoms with Gasteiger partial charge in [-0.1, -0.05) is 49.6 Å². The Morgan fingerprint density at radius 2 is 1.69 bits per heavy atom. The number of hydrogen-bond acceptors (Lipinski definition) is 5.